The van der Waals surface area contributed by atoms with Crippen molar-refractivity contribution in [3.8, 4) is 5.75 Å². The predicted molar refractivity (Wildman–Crippen MR) is 147 cm³/mol. The molecule has 5 aromatic rings. The van der Waals surface area contributed by atoms with Gasteiger partial charge in [-0.2, -0.15) is 0 Å². The van der Waals surface area contributed by atoms with Crippen molar-refractivity contribution in [2.24, 2.45) is 0 Å². The molecule has 0 unspecified atom stereocenters. The van der Waals surface area contributed by atoms with Crippen LogP contribution in [0.15, 0.2) is 76.1 Å². The third-order valence-electron chi connectivity index (χ3n) is 7.61. The van der Waals surface area contributed by atoms with E-state index >= 15 is 0 Å². The van der Waals surface area contributed by atoms with E-state index in [2.05, 4.69) is 38.4 Å². The van der Waals surface area contributed by atoms with Gasteiger partial charge in [0.15, 0.2) is 5.82 Å². The van der Waals surface area contributed by atoms with Crippen molar-refractivity contribution in [3.63, 3.8) is 0 Å². The van der Waals surface area contributed by atoms with Crippen LogP contribution in [0.4, 0.5) is 0 Å². The summed E-state index contributed by atoms with van der Waals surface area (Å²) in [5, 5.41) is 14.1. The van der Waals surface area contributed by atoms with Crippen LogP contribution in [-0.4, -0.2) is 37.2 Å². The van der Waals surface area contributed by atoms with Gasteiger partial charge in [-0.15, -0.1) is 5.10 Å². The Kier molecular flexibility index (Phi) is 6.98. The van der Waals surface area contributed by atoms with E-state index in [1.807, 2.05) is 59.3 Å². The van der Waals surface area contributed by atoms with Gasteiger partial charge in [0.1, 0.15) is 17.6 Å². The van der Waals surface area contributed by atoms with Crippen LogP contribution < -0.4 is 10.3 Å². The van der Waals surface area contributed by atoms with Crippen molar-refractivity contribution >= 4 is 10.9 Å². The van der Waals surface area contributed by atoms with Gasteiger partial charge in [0.2, 0.25) is 0 Å². The van der Waals surface area contributed by atoms with Crippen molar-refractivity contribution in [1.29, 1.82) is 0 Å². The number of benzene rings is 2. The number of ether oxygens (including phenoxy) is 1. The number of nitrogens with zero attached hydrogens (tertiary/aromatic N) is 5. The largest absolute Gasteiger partial charge is 0.497 e. The molecule has 0 saturated heterocycles. The maximum atomic E-state index is 13.7. The molecule has 39 heavy (non-hydrogen) atoms. The lowest BCUT2D eigenvalue weighted by Crippen LogP contribution is -2.35. The van der Waals surface area contributed by atoms with E-state index in [0.717, 1.165) is 59.2 Å². The molecule has 2 aromatic carbocycles. The summed E-state index contributed by atoms with van der Waals surface area (Å²) in [4.78, 5) is 19.1. The number of tetrazole rings is 1. The van der Waals surface area contributed by atoms with Gasteiger partial charge in [-0.3, -0.25) is 9.69 Å². The van der Waals surface area contributed by atoms with Crippen LogP contribution in [0, 0.1) is 6.92 Å². The van der Waals surface area contributed by atoms with E-state index in [-0.39, 0.29) is 11.6 Å². The summed E-state index contributed by atoms with van der Waals surface area (Å²) in [6.07, 6.45) is 6.01. The number of aromatic amines is 1. The fourth-order valence-electron chi connectivity index (χ4n) is 5.64. The van der Waals surface area contributed by atoms with Crippen LogP contribution in [0.5, 0.6) is 5.75 Å². The normalized spacial score (nSPS) is 14.8. The molecular formula is C30H32N6O3. The minimum absolute atomic E-state index is 0.156. The Balaban J connectivity index is 1.52. The number of methoxy groups -OCH3 is 1. The highest BCUT2D eigenvalue weighted by Gasteiger charge is 2.34. The van der Waals surface area contributed by atoms with Gasteiger partial charge < -0.3 is 14.1 Å². The number of aryl methyl sites for hydroxylation is 1. The van der Waals surface area contributed by atoms with Gasteiger partial charge in [-0.1, -0.05) is 36.6 Å². The summed E-state index contributed by atoms with van der Waals surface area (Å²) < 4.78 is 13.1. The first-order valence-corrected chi connectivity index (χ1v) is 13.4. The topological polar surface area (TPSA) is 102 Å². The second-order valence-corrected chi connectivity index (χ2v) is 10.3. The Morgan fingerprint density at radius 1 is 1.10 bits per heavy atom. The maximum absolute atomic E-state index is 13.7. The minimum atomic E-state index is -0.513. The Labute approximate surface area is 226 Å². The number of rotatable bonds is 9. The lowest BCUT2D eigenvalue weighted by Gasteiger charge is -2.31. The number of furan rings is 1. The van der Waals surface area contributed by atoms with Crippen molar-refractivity contribution in [2.75, 3.05) is 7.11 Å². The Hall–Kier alpha value is -4.24. The molecule has 1 saturated carbocycles. The van der Waals surface area contributed by atoms with Gasteiger partial charge in [0, 0.05) is 17.6 Å². The van der Waals surface area contributed by atoms with E-state index in [1.54, 1.807) is 13.4 Å². The summed E-state index contributed by atoms with van der Waals surface area (Å²) >= 11 is 0. The standard InChI is InChI=1S/C30H32N6O3/c1-20-9-14-27-22(16-20)17-26(30(37)31-27)28(29-32-33-34-36(29)23-6-3-4-7-23)35(19-25-8-5-15-39-25)18-21-10-12-24(38-2)13-11-21/h5,8-17,23,28H,3-4,6-7,18-19H2,1-2H3,(H,31,37)/t28-/m0/s1. The third kappa shape index (κ3) is 5.22. The first-order valence-electron chi connectivity index (χ1n) is 13.4. The molecule has 1 fully saturated rings. The Morgan fingerprint density at radius 2 is 1.92 bits per heavy atom. The van der Waals surface area contributed by atoms with Crippen LogP contribution in [-0.2, 0) is 13.1 Å². The molecule has 6 rings (SSSR count). The van der Waals surface area contributed by atoms with Gasteiger partial charge in [-0.05, 0) is 83.6 Å². The predicted octanol–water partition coefficient (Wildman–Crippen LogP) is 5.33. The SMILES string of the molecule is COc1ccc(CN(Cc2ccco2)[C@@H](c2cc3cc(C)ccc3[nH]c2=O)c2nnnn2C2CCCC2)cc1. The second-order valence-electron chi connectivity index (χ2n) is 10.3. The molecule has 0 amide bonds. The van der Waals surface area contributed by atoms with E-state index in [9.17, 15) is 4.79 Å². The first-order chi connectivity index (χ1) is 19.1. The molecule has 0 bridgehead atoms. The van der Waals surface area contributed by atoms with E-state index < -0.39 is 6.04 Å². The highest BCUT2D eigenvalue weighted by molar-refractivity contribution is 5.79. The van der Waals surface area contributed by atoms with Crippen molar-refractivity contribution < 1.29 is 9.15 Å². The average Bonchev–Trinajstić information content (AvgIpc) is 3.73. The van der Waals surface area contributed by atoms with Crippen molar-refractivity contribution in [3.05, 3.63) is 106 Å². The fraction of sp³-hybridized carbons (Fsp3) is 0.333. The average molecular weight is 525 g/mol. The monoisotopic (exact) mass is 524 g/mol. The zero-order valence-corrected chi connectivity index (χ0v) is 22.2. The number of nitrogens with one attached hydrogen (secondary N) is 1. The number of pyridine rings is 1. The molecule has 3 aromatic heterocycles. The number of H-pyrrole nitrogens is 1. The molecule has 3 heterocycles. The third-order valence-corrected chi connectivity index (χ3v) is 7.61. The van der Waals surface area contributed by atoms with Crippen LogP contribution in [0.1, 0.15) is 66.0 Å². The van der Waals surface area contributed by atoms with Gasteiger partial charge in [0.25, 0.3) is 5.56 Å². The van der Waals surface area contributed by atoms with E-state index in [4.69, 9.17) is 9.15 Å². The Bertz CT molecular complexity index is 1600. The smallest absolute Gasteiger partial charge is 0.253 e. The highest BCUT2D eigenvalue weighted by Crippen LogP contribution is 2.35. The Morgan fingerprint density at radius 3 is 2.67 bits per heavy atom. The highest BCUT2D eigenvalue weighted by atomic mass is 16.5. The second kappa shape index (κ2) is 10.9. The summed E-state index contributed by atoms with van der Waals surface area (Å²) in [7, 11) is 1.66. The van der Waals surface area contributed by atoms with Crippen molar-refractivity contribution in [2.45, 2.75) is 57.8 Å². The number of hydrogen-bond acceptors (Lipinski definition) is 7. The van der Waals surface area contributed by atoms with E-state index in [1.165, 1.54) is 0 Å². The number of aromatic nitrogens is 5. The summed E-state index contributed by atoms with van der Waals surface area (Å²) in [6.45, 7) is 3.06. The summed E-state index contributed by atoms with van der Waals surface area (Å²) in [6, 6.07) is 19.5. The lowest BCUT2D eigenvalue weighted by molar-refractivity contribution is 0.176. The molecule has 9 nitrogen and oxygen atoms in total. The zero-order chi connectivity index (χ0) is 26.8. The molecule has 1 atom stereocenters. The van der Waals surface area contributed by atoms with Gasteiger partial charge in [-0.25, -0.2) is 4.68 Å². The van der Waals surface area contributed by atoms with E-state index in [0.29, 0.717) is 24.5 Å². The molecule has 9 heteroatoms. The van der Waals surface area contributed by atoms with Crippen LogP contribution in [0.2, 0.25) is 0 Å². The number of fused-ring (bicyclic) bond motifs is 1. The molecule has 0 aliphatic heterocycles. The number of hydrogen-bond donors (Lipinski definition) is 1. The molecule has 1 aliphatic carbocycles. The van der Waals surface area contributed by atoms with Gasteiger partial charge in [0.05, 0.1) is 26.0 Å². The molecule has 1 aliphatic rings. The van der Waals surface area contributed by atoms with Crippen LogP contribution in [0.3, 0.4) is 0 Å². The first kappa shape index (κ1) is 25.1. The lowest BCUT2D eigenvalue weighted by atomic mass is 10.0. The molecule has 0 spiro atoms. The molecule has 0 radical (unpaired) electrons. The van der Waals surface area contributed by atoms with Crippen molar-refractivity contribution in [1.82, 2.24) is 30.1 Å². The maximum Gasteiger partial charge on any atom is 0.253 e. The summed E-state index contributed by atoms with van der Waals surface area (Å²) in [5.41, 5.74) is 3.44. The quantitative estimate of drug-likeness (QED) is 0.278. The van der Waals surface area contributed by atoms with Crippen LogP contribution >= 0.6 is 0 Å². The zero-order valence-electron chi connectivity index (χ0n) is 22.2. The fourth-order valence-corrected chi connectivity index (χ4v) is 5.64. The van der Waals surface area contributed by atoms with Gasteiger partial charge >= 0.3 is 0 Å². The minimum Gasteiger partial charge on any atom is -0.497 e. The molecule has 200 valence electrons. The molecule has 1 N–H and O–H groups in total. The summed E-state index contributed by atoms with van der Waals surface area (Å²) in [5.74, 6) is 2.25. The molecular weight excluding hydrogens is 492 g/mol. The van der Waals surface area contributed by atoms with Crippen LogP contribution in [0.25, 0.3) is 10.9 Å².